The molecule has 0 rings (SSSR count). The van der Waals surface area contributed by atoms with Crippen molar-refractivity contribution in [3.05, 3.63) is 12.2 Å². The van der Waals surface area contributed by atoms with Crippen molar-refractivity contribution < 1.29 is 0 Å². The van der Waals surface area contributed by atoms with Crippen LogP contribution in [0, 0.1) is 0 Å². The maximum absolute atomic E-state index is 2.24. The molecule has 0 unspecified atom stereocenters. The average molecular weight is 144 g/mol. The summed E-state index contributed by atoms with van der Waals surface area (Å²) in [6, 6.07) is 0. The first-order valence-electron chi connectivity index (χ1n) is 3.31. The minimum absolute atomic E-state index is 0.416. The van der Waals surface area contributed by atoms with E-state index in [1.165, 1.54) is 0 Å². The Labute approximate surface area is 62.7 Å². The van der Waals surface area contributed by atoms with Gasteiger partial charge in [-0.15, -0.1) is 0 Å². The van der Waals surface area contributed by atoms with E-state index in [1.807, 2.05) is 11.8 Å². The highest BCUT2D eigenvalue weighted by Gasteiger charge is 2.07. The summed E-state index contributed by atoms with van der Waals surface area (Å²) in [4.78, 5) is 0. The topological polar surface area (TPSA) is 0 Å². The van der Waals surface area contributed by atoms with Gasteiger partial charge in [0.15, 0.2) is 0 Å². The Hall–Kier alpha value is 0.0900. The van der Waals surface area contributed by atoms with Crippen LogP contribution in [0.5, 0.6) is 0 Å². The number of thioether (sulfide) groups is 1. The first-order chi connectivity index (χ1) is 4.06. The lowest BCUT2D eigenvalue weighted by molar-refractivity contribution is 0.804. The van der Waals surface area contributed by atoms with Crippen molar-refractivity contribution in [1.29, 1.82) is 0 Å². The van der Waals surface area contributed by atoms with Crippen molar-refractivity contribution in [1.82, 2.24) is 0 Å². The lowest BCUT2D eigenvalue weighted by atomic mass is 10.3. The monoisotopic (exact) mass is 144 g/mol. The van der Waals surface area contributed by atoms with Gasteiger partial charge in [-0.1, -0.05) is 32.9 Å². The number of rotatable bonds is 2. The summed E-state index contributed by atoms with van der Waals surface area (Å²) in [6.07, 6.45) is 4.29. The number of hydrogen-bond donors (Lipinski definition) is 0. The Morgan fingerprint density at radius 2 is 1.89 bits per heavy atom. The third-order valence-electron chi connectivity index (χ3n) is 0.848. The van der Waals surface area contributed by atoms with E-state index in [1.54, 1.807) is 0 Å². The summed E-state index contributed by atoms with van der Waals surface area (Å²) in [5, 5.41) is 0. The summed E-state index contributed by atoms with van der Waals surface area (Å²) in [6.45, 7) is 8.77. The molecule has 0 aliphatic rings. The molecule has 0 radical (unpaired) electrons. The molecule has 0 aromatic carbocycles. The zero-order valence-corrected chi connectivity index (χ0v) is 7.59. The number of hydrogen-bond acceptors (Lipinski definition) is 1. The van der Waals surface area contributed by atoms with Crippen LogP contribution >= 0.6 is 11.8 Å². The second-order valence-corrected chi connectivity index (χ2v) is 4.84. The van der Waals surface area contributed by atoms with E-state index in [4.69, 9.17) is 0 Å². The third-order valence-corrected chi connectivity index (χ3v) is 2.07. The SMILES string of the molecule is C/C=C/CSC(C)(C)C. The Morgan fingerprint density at radius 1 is 1.33 bits per heavy atom. The van der Waals surface area contributed by atoms with E-state index in [9.17, 15) is 0 Å². The highest BCUT2D eigenvalue weighted by atomic mass is 32.2. The maximum Gasteiger partial charge on any atom is 0.0118 e. The van der Waals surface area contributed by atoms with E-state index in [2.05, 4.69) is 39.8 Å². The quantitative estimate of drug-likeness (QED) is 0.537. The van der Waals surface area contributed by atoms with Crippen LogP contribution in [0.15, 0.2) is 12.2 Å². The molecular weight excluding hydrogens is 128 g/mol. The first kappa shape index (κ1) is 9.09. The van der Waals surface area contributed by atoms with Crippen LogP contribution in [0.2, 0.25) is 0 Å². The molecular formula is C8H16S. The molecule has 0 nitrogen and oxygen atoms in total. The zero-order chi connectivity index (χ0) is 7.33. The molecule has 0 aliphatic heterocycles. The van der Waals surface area contributed by atoms with Crippen LogP contribution in [0.25, 0.3) is 0 Å². The predicted molar refractivity (Wildman–Crippen MR) is 47.0 cm³/mol. The van der Waals surface area contributed by atoms with Crippen LogP contribution in [-0.4, -0.2) is 10.5 Å². The van der Waals surface area contributed by atoms with Crippen molar-refractivity contribution in [2.45, 2.75) is 32.4 Å². The molecule has 0 atom stereocenters. The van der Waals surface area contributed by atoms with Gasteiger partial charge in [-0.05, 0) is 6.92 Å². The molecule has 0 heterocycles. The van der Waals surface area contributed by atoms with Crippen molar-refractivity contribution in [2.75, 3.05) is 5.75 Å². The lowest BCUT2D eigenvalue weighted by Crippen LogP contribution is -2.07. The Balaban J connectivity index is 3.28. The molecule has 0 bridgehead atoms. The summed E-state index contributed by atoms with van der Waals surface area (Å²) in [5.41, 5.74) is 0. The van der Waals surface area contributed by atoms with Gasteiger partial charge in [0.05, 0.1) is 0 Å². The molecule has 0 saturated heterocycles. The van der Waals surface area contributed by atoms with Gasteiger partial charge in [-0.3, -0.25) is 0 Å². The standard InChI is InChI=1S/C8H16S/c1-5-6-7-9-8(2,3)4/h5-6H,7H2,1-4H3/b6-5+. The van der Waals surface area contributed by atoms with Gasteiger partial charge in [0.25, 0.3) is 0 Å². The minimum atomic E-state index is 0.416. The largest absolute Gasteiger partial charge is 0.152 e. The van der Waals surface area contributed by atoms with Gasteiger partial charge in [0.2, 0.25) is 0 Å². The predicted octanol–water partition coefficient (Wildman–Crippen LogP) is 3.09. The maximum atomic E-state index is 2.24. The van der Waals surface area contributed by atoms with Crippen LogP contribution in [0.1, 0.15) is 27.7 Å². The Kier molecular flexibility index (Phi) is 4.03. The van der Waals surface area contributed by atoms with E-state index >= 15 is 0 Å². The molecule has 0 fully saturated rings. The molecule has 0 saturated carbocycles. The normalized spacial score (nSPS) is 12.9. The van der Waals surface area contributed by atoms with E-state index in [0.717, 1.165) is 5.75 Å². The molecule has 0 spiro atoms. The molecule has 0 N–H and O–H groups in total. The van der Waals surface area contributed by atoms with Gasteiger partial charge in [-0.2, -0.15) is 11.8 Å². The fourth-order valence-electron chi connectivity index (χ4n) is 0.394. The zero-order valence-electron chi connectivity index (χ0n) is 6.77. The minimum Gasteiger partial charge on any atom is -0.152 e. The number of allylic oxidation sites excluding steroid dienone is 1. The fraction of sp³-hybridized carbons (Fsp3) is 0.750. The van der Waals surface area contributed by atoms with Crippen molar-refractivity contribution in [2.24, 2.45) is 0 Å². The van der Waals surface area contributed by atoms with Crippen molar-refractivity contribution in [3.63, 3.8) is 0 Å². The van der Waals surface area contributed by atoms with Crippen LogP contribution in [0.3, 0.4) is 0 Å². The van der Waals surface area contributed by atoms with Crippen molar-refractivity contribution in [3.8, 4) is 0 Å². The van der Waals surface area contributed by atoms with Gasteiger partial charge in [0, 0.05) is 10.5 Å². The highest BCUT2D eigenvalue weighted by molar-refractivity contribution is 8.00. The smallest absolute Gasteiger partial charge is 0.0118 e. The van der Waals surface area contributed by atoms with E-state index in [0.29, 0.717) is 4.75 Å². The van der Waals surface area contributed by atoms with E-state index < -0.39 is 0 Å². The highest BCUT2D eigenvalue weighted by Crippen LogP contribution is 2.22. The van der Waals surface area contributed by atoms with Crippen LogP contribution in [0.4, 0.5) is 0 Å². The fourth-order valence-corrected chi connectivity index (χ4v) is 1.18. The average Bonchev–Trinajstić information content (AvgIpc) is 1.63. The molecule has 0 aromatic rings. The Morgan fingerprint density at radius 3 is 2.22 bits per heavy atom. The second-order valence-electron chi connectivity index (χ2n) is 2.99. The van der Waals surface area contributed by atoms with Gasteiger partial charge >= 0.3 is 0 Å². The molecule has 9 heavy (non-hydrogen) atoms. The first-order valence-corrected chi connectivity index (χ1v) is 4.30. The Bertz CT molecular complexity index is 87.2. The molecule has 1 heteroatoms. The molecule has 0 aliphatic carbocycles. The molecule has 0 aromatic heterocycles. The van der Waals surface area contributed by atoms with Crippen LogP contribution in [-0.2, 0) is 0 Å². The van der Waals surface area contributed by atoms with Gasteiger partial charge in [0.1, 0.15) is 0 Å². The molecule has 0 amide bonds. The third kappa shape index (κ3) is 8.09. The summed E-state index contributed by atoms with van der Waals surface area (Å²) in [7, 11) is 0. The lowest BCUT2D eigenvalue weighted by Gasteiger charge is -2.15. The summed E-state index contributed by atoms with van der Waals surface area (Å²) in [5.74, 6) is 1.14. The summed E-state index contributed by atoms with van der Waals surface area (Å²) >= 11 is 1.97. The van der Waals surface area contributed by atoms with Crippen LogP contribution < -0.4 is 0 Å². The van der Waals surface area contributed by atoms with E-state index in [-0.39, 0.29) is 0 Å². The van der Waals surface area contributed by atoms with Gasteiger partial charge < -0.3 is 0 Å². The second kappa shape index (κ2) is 3.99. The van der Waals surface area contributed by atoms with Gasteiger partial charge in [-0.25, -0.2) is 0 Å². The summed E-state index contributed by atoms with van der Waals surface area (Å²) < 4.78 is 0.416. The van der Waals surface area contributed by atoms with Crippen molar-refractivity contribution >= 4 is 11.8 Å². The molecule has 54 valence electrons.